The zero-order valence-corrected chi connectivity index (χ0v) is 13.5. The number of fused-ring (bicyclic) bond motifs is 1. The number of anilines is 1. The standard InChI is InChI=1S/C14H24N4OS/c1-5-19-8-6-17(4)13-12(10-15-11(2)3)18-7-9-20-14(18)16-13/h7,9,11,15H,5-6,8,10H2,1-4H3. The fraction of sp³-hybridized carbons (Fsp3) is 0.643. The van der Waals surface area contributed by atoms with Gasteiger partial charge >= 0.3 is 0 Å². The minimum absolute atomic E-state index is 0.459. The van der Waals surface area contributed by atoms with E-state index in [0.29, 0.717) is 6.04 Å². The smallest absolute Gasteiger partial charge is 0.195 e. The van der Waals surface area contributed by atoms with Crippen LogP contribution in [0.15, 0.2) is 11.6 Å². The van der Waals surface area contributed by atoms with Crippen molar-refractivity contribution in [1.29, 1.82) is 0 Å². The normalized spacial score (nSPS) is 11.7. The minimum atomic E-state index is 0.459. The summed E-state index contributed by atoms with van der Waals surface area (Å²) in [5.41, 5.74) is 1.22. The zero-order valence-electron chi connectivity index (χ0n) is 12.7. The first-order valence-corrected chi connectivity index (χ1v) is 7.98. The molecule has 0 spiro atoms. The van der Waals surface area contributed by atoms with E-state index >= 15 is 0 Å². The molecule has 0 radical (unpaired) electrons. The van der Waals surface area contributed by atoms with Crippen LogP contribution < -0.4 is 10.2 Å². The monoisotopic (exact) mass is 296 g/mol. The molecule has 20 heavy (non-hydrogen) atoms. The van der Waals surface area contributed by atoms with Crippen LogP contribution in [0.25, 0.3) is 4.96 Å². The van der Waals surface area contributed by atoms with Crippen LogP contribution in [0.3, 0.4) is 0 Å². The van der Waals surface area contributed by atoms with E-state index in [4.69, 9.17) is 9.72 Å². The van der Waals surface area contributed by atoms with Crippen molar-refractivity contribution in [3.8, 4) is 0 Å². The van der Waals surface area contributed by atoms with Gasteiger partial charge in [0.05, 0.1) is 12.3 Å². The maximum absolute atomic E-state index is 5.43. The molecule has 0 saturated carbocycles. The molecule has 0 aliphatic heterocycles. The lowest BCUT2D eigenvalue weighted by atomic mass is 10.3. The molecule has 0 aliphatic rings. The summed E-state index contributed by atoms with van der Waals surface area (Å²) < 4.78 is 7.60. The molecule has 2 aromatic rings. The molecule has 0 saturated heterocycles. The molecule has 0 aromatic carbocycles. The number of ether oxygens (including phenoxy) is 1. The summed E-state index contributed by atoms with van der Waals surface area (Å²) in [6.45, 7) is 9.50. The third-order valence-corrected chi connectivity index (χ3v) is 3.91. The molecule has 0 amide bonds. The van der Waals surface area contributed by atoms with Gasteiger partial charge in [-0.3, -0.25) is 4.40 Å². The van der Waals surface area contributed by atoms with Crippen LogP contribution in [0, 0.1) is 0 Å². The second-order valence-electron chi connectivity index (χ2n) is 5.09. The van der Waals surface area contributed by atoms with Crippen molar-refractivity contribution in [3.05, 3.63) is 17.3 Å². The van der Waals surface area contributed by atoms with Gasteiger partial charge in [0, 0.05) is 44.4 Å². The average molecular weight is 296 g/mol. The van der Waals surface area contributed by atoms with Crippen molar-refractivity contribution in [2.24, 2.45) is 0 Å². The van der Waals surface area contributed by atoms with Crippen molar-refractivity contribution < 1.29 is 4.74 Å². The Morgan fingerprint density at radius 2 is 2.30 bits per heavy atom. The van der Waals surface area contributed by atoms with Gasteiger partial charge in [0.25, 0.3) is 0 Å². The van der Waals surface area contributed by atoms with E-state index < -0.39 is 0 Å². The van der Waals surface area contributed by atoms with Crippen LogP contribution in [0.4, 0.5) is 5.82 Å². The predicted octanol–water partition coefficient (Wildman–Crippen LogP) is 2.37. The summed E-state index contributed by atoms with van der Waals surface area (Å²) in [5, 5.41) is 5.55. The van der Waals surface area contributed by atoms with Gasteiger partial charge in [-0.2, -0.15) is 0 Å². The Kier molecular flexibility index (Phi) is 5.39. The van der Waals surface area contributed by atoms with Crippen LogP contribution in [0.2, 0.25) is 0 Å². The van der Waals surface area contributed by atoms with E-state index in [-0.39, 0.29) is 0 Å². The van der Waals surface area contributed by atoms with Crippen molar-refractivity contribution in [2.45, 2.75) is 33.4 Å². The van der Waals surface area contributed by atoms with Crippen molar-refractivity contribution in [2.75, 3.05) is 31.7 Å². The number of imidazole rings is 1. The van der Waals surface area contributed by atoms with Crippen LogP contribution >= 0.6 is 11.3 Å². The predicted molar refractivity (Wildman–Crippen MR) is 84.8 cm³/mol. The third kappa shape index (κ3) is 3.50. The first-order chi connectivity index (χ1) is 9.63. The van der Waals surface area contributed by atoms with Crippen LogP contribution in [-0.2, 0) is 11.3 Å². The molecular formula is C14H24N4OS. The molecule has 0 aliphatic carbocycles. The molecular weight excluding hydrogens is 272 g/mol. The highest BCUT2D eigenvalue weighted by molar-refractivity contribution is 7.15. The van der Waals surface area contributed by atoms with Crippen molar-refractivity contribution in [3.63, 3.8) is 0 Å². The van der Waals surface area contributed by atoms with E-state index in [1.54, 1.807) is 11.3 Å². The Hall–Kier alpha value is -1.11. The lowest BCUT2D eigenvalue weighted by molar-refractivity contribution is 0.154. The fourth-order valence-electron chi connectivity index (χ4n) is 2.04. The van der Waals surface area contributed by atoms with Gasteiger partial charge in [-0.25, -0.2) is 4.98 Å². The second-order valence-corrected chi connectivity index (χ2v) is 5.96. The number of nitrogens with one attached hydrogen (secondary N) is 1. The van der Waals surface area contributed by atoms with Crippen LogP contribution in [0.1, 0.15) is 26.5 Å². The van der Waals surface area contributed by atoms with E-state index in [1.165, 1.54) is 5.69 Å². The lowest BCUT2D eigenvalue weighted by Gasteiger charge is -2.19. The van der Waals surface area contributed by atoms with Crippen LogP contribution in [-0.4, -0.2) is 42.2 Å². The van der Waals surface area contributed by atoms with Gasteiger partial charge in [0.2, 0.25) is 0 Å². The number of hydrogen-bond acceptors (Lipinski definition) is 5. The van der Waals surface area contributed by atoms with Crippen LogP contribution in [0.5, 0.6) is 0 Å². The summed E-state index contributed by atoms with van der Waals surface area (Å²) in [4.78, 5) is 7.96. The average Bonchev–Trinajstić information content (AvgIpc) is 2.97. The molecule has 6 heteroatoms. The molecule has 0 bridgehead atoms. The summed E-state index contributed by atoms with van der Waals surface area (Å²) >= 11 is 1.67. The largest absolute Gasteiger partial charge is 0.380 e. The third-order valence-electron chi connectivity index (χ3n) is 3.15. The Balaban J connectivity index is 2.17. The summed E-state index contributed by atoms with van der Waals surface area (Å²) in [6.07, 6.45) is 2.09. The van der Waals surface area contributed by atoms with E-state index in [9.17, 15) is 0 Å². The fourth-order valence-corrected chi connectivity index (χ4v) is 2.77. The number of likely N-dealkylation sites (N-methyl/N-ethyl adjacent to an activating group) is 1. The second kappa shape index (κ2) is 7.06. The van der Waals surface area contributed by atoms with Gasteiger partial charge in [0.1, 0.15) is 0 Å². The van der Waals surface area contributed by atoms with E-state index in [0.717, 1.165) is 37.1 Å². The molecule has 0 fully saturated rings. The quantitative estimate of drug-likeness (QED) is 0.759. The molecule has 0 unspecified atom stereocenters. The number of nitrogens with zero attached hydrogens (tertiary/aromatic N) is 3. The summed E-state index contributed by atoms with van der Waals surface area (Å²) in [5.74, 6) is 1.05. The van der Waals surface area contributed by atoms with E-state index in [1.807, 2.05) is 6.92 Å². The molecule has 2 aromatic heterocycles. The number of rotatable bonds is 8. The molecule has 5 nitrogen and oxygen atoms in total. The SMILES string of the molecule is CCOCCN(C)c1nc2sccn2c1CNC(C)C. The van der Waals surface area contributed by atoms with Crippen molar-refractivity contribution in [1.82, 2.24) is 14.7 Å². The summed E-state index contributed by atoms with van der Waals surface area (Å²) in [6, 6.07) is 0.459. The Labute approximate surface area is 124 Å². The number of aromatic nitrogens is 2. The highest BCUT2D eigenvalue weighted by atomic mass is 32.1. The lowest BCUT2D eigenvalue weighted by Crippen LogP contribution is -2.27. The minimum Gasteiger partial charge on any atom is -0.380 e. The molecule has 112 valence electrons. The van der Waals surface area contributed by atoms with Gasteiger partial charge in [-0.1, -0.05) is 13.8 Å². The molecule has 2 heterocycles. The highest BCUT2D eigenvalue weighted by Crippen LogP contribution is 2.23. The Morgan fingerprint density at radius 1 is 1.50 bits per heavy atom. The first-order valence-electron chi connectivity index (χ1n) is 7.10. The van der Waals surface area contributed by atoms with Gasteiger partial charge < -0.3 is 15.0 Å². The maximum atomic E-state index is 5.43. The highest BCUT2D eigenvalue weighted by Gasteiger charge is 2.16. The molecule has 1 N–H and O–H groups in total. The number of thiazole rings is 1. The topological polar surface area (TPSA) is 41.8 Å². The molecule has 0 atom stereocenters. The van der Waals surface area contributed by atoms with Gasteiger partial charge in [-0.05, 0) is 6.92 Å². The van der Waals surface area contributed by atoms with E-state index in [2.05, 4.69) is 47.1 Å². The Morgan fingerprint density at radius 3 is 3.00 bits per heavy atom. The first kappa shape index (κ1) is 15.3. The zero-order chi connectivity index (χ0) is 14.5. The Bertz CT molecular complexity index is 534. The number of hydrogen-bond donors (Lipinski definition) is 1. The summed E-state index contributed by atoms with van der Waals surface area (Å²) in [7, 11) is 2.07. The molecule has 2 rings (SSSR count). The maximum Gasteiger partial charge on any atom is 0.195 e. The van der Waals surface area contributed by atoms with Gasteiger partial charge in [0.15, 0.2) is 10.8 Å². The van der Waals surface area contributed by atoms with Gasteiger partial charge in [-0.15, -0.1) is 11.3 Å². The van der Waals surface area contributed by atoms with Crippen molar-refractivity contribution >= 4 is 22.1 Å².